The molecule has 0 atom stereocenters. The molecule has 0 amide bonds. The molecule has 8 heteroatoms. The molecule has 0 radical (unpaired) electrons. The fourth-order valence-electron chi connectivity index (χ4n) is 4.47. The molecular formula is C29H25F3N4O. The number of allylic oxidation sites excluding steroid dienone is 3. The molecule has 188 valence electrons. The molecule has 37 heavy (non-hydrogen) atoms. The summed E-state index contributed by atoms with van der Waals surface area (Å²) < 4.78 is 44.6. The number of benzene rings is 2. The number of para-hydroxylation sites is 2. The fourth-order valence-corrected chi connectivity index (χ4v) is 4.47. The molecule has 0 bridgehead atoms. The van der Waals surface area contributed by atoms with Crippen LogP contribution < -0.4 is 15.6 Å². The molecule has 0 saturated carbocycles. The second-order valence-electron chi connectivity index (χ2n) is 8.88. The second kappa shape index (κ2) is 9.97. The average molecular weight is 503 g/mol. The smallest absolute Gasteiger partial charge is 0.369 e. The molecule has 2 aromatic heterocycles. The zero-order valence-corrected chi connectivity index (χ0v) is 20.2. The maximum absolute atomic E-state index is 14.3. The topological polar surface area (TPSA) is 50.2 Å². The van der Waals surface area contributed by atoms with Crippen molar-refractivity contribution in [1.82, 2.24) is 9.55 Å². The number of hydrogen-bond acceptors (Lipinski definition) is 4. The van der Waals surface area contributed by atoms with E-state index in [9.17, 15) is 18.0 Å². The van der Waals surface area contributed by atoms with Crippen molar-refractivity contribution >= 4 is 22.5 Å². The lowest BCUT2D eigenvalue weighted by molar-refractivity contribution is -0.136. The zero-order valence-electron chi connectivity index (χ0n) is 20.2. The lowest BCUT2D eigenvalue weighted by Crippen LogP contribution is -2.22. The molecule has 0 saturated heterocycles. The molecule has 5 nitrogen and oxygen atoms in total. The van der Waals surface area contributed by atoms with E-state index < -0.39 is 22.6 Å². The van der Waals surface area contributed by atoms with E-state index >= 15 is 0 Å². The zero-order chi connectivity index (χ0) is 26.0. The Morgan fingerprint density at radius 1 is 1.00 bits per heavy atom. The van der Waals surface area contributed by atoms with E-state index in [0.29, 0.717) is 11.5 Å². The summed E-state index contributed by atoms with van der Waals surface area (Å²) >= 11 is 0. The normalized spacial score (nSPS) is 13.5. The van der Waals surface area contributed by atoms with Crippen molar-refractivity contribution in [2.45, 2.75) is 25.6 Å². The first-order valence-corrected chi connectivity index (χ1v) is 11.9. The second-order valence-corrected chi connectivity index (χ2v) is 8.88. The average Bonchev–Trinajstić information content (AvgIpc) is 2.89. The molecule has 1 aliphatic carbocycles. The first-order valence-electron chi connectivity index (χ1n) is 11.9. The van der Waals surface area contributed by atoms with Gasteiger partial charge in [0.25, 0.3) is 0 Å². The Morgan fingerprint density at radius 2 is 1.70 bits per heavy atom. The van der Waals surface area contributed by atoms with Crippen LogP contribution in [0.15, 0.2) is 102 Å². The third-order valence-electron chi connectivity index (χ3n) is 6.20. The number of fused-ring (bicyclic) bond motifs is 1. The van der Waals surface area contributed by atoms with Crippen LogP contribution >= 0.6 is 0 Å². The van der Waals surface area contributed by atoms with E-state index in [1.165, 1.54) is 6.07 Å². The summed E-state index contributed by atoms with van der Waals surface area (Å²) in [5.74, 6) is 0.343. The fraction of sp³-hybridized carbons (Fsp3) is 0.172. The molecule has 5 rings (SSSR count). The van der Waals surface area contributed by atoms with Crippen LogP contribution in [0.3, 0.4) is 0 Å². The van der Waals surface area contributed by atoms with Crippen molar-refractivity contribution in [3.63, 3.8) is 0 Å². The lowest BCUT2D eigenvalue weighted by atomic mass is 10.1. The van der Waals surface area contributed by atoms with E-state index in [2.05, 4.69) is 10.3 Å². The summed E-state index contributed by atoms with van der Waals surface area (Å²) in [7, 11) is 1.79. The largest absolute Gasteiger partial charge is 0.417 e. The van der Waals surface area contributed by atoms with Crippen LogP contribution in [-0.2, 0) is 12.7 Å². The van der Waals surface area contributed by atoms with Gasteiger partial charge in [-0.2, -0.15) is 13.2 Å². The van der Waals surface area contributed by atoms with Gasteiger partial charge < -0.3 is 10.2 Å². The van der Waals surface area contributed by atoms with Gasteiger partial charge in [-0.3, -0.25) is 9.36 Å². The molecular weight excluding hydrogens is 477 g/mol. The van der Waals surface area contributed by atoms with E-state index in [4.69, 9.17) is 0 Å². The number of halogens is 3. The molecule has 0 aliphatic heterocycles. The third-order valence-corrected chi connectivity index (χ3v) is 6.20. The van der Waals surface area contributed by atoms with Crippen LogP contribution in [-0.4, -0.2) is 16.6 Å². The Kier molecular flexibility index (Phi) is 6.56. The van der Waals surface area contributed by atoms with Crippen molar-refractivity contribution in [3.8, 4) is 5.69 Å². The highest BCUT2D eigenvalue weighted by molar-refractivity contribution is 5.84. The number of alkyl halides is 3. The molecule has 1 N–H and O–H groups in total. The van der Waals surface area contributed by atoms with Gasteiger partial charge in [-0.25, -0.2) is 4.98 Å². The number of anilines is 2. The van der Waals surface area contributed by atoms with Crippen molar-refractivity contribution in [2.24, 2.45) is 0 Å². The molecule has 0 unspecified atom stereocenters. The lowest BCUT2D eigenvalue weighted by Gasteiger charge is -2.23. The van der Waals surface area contributed by atoms with E-state index in [1.54, 1.807) is 35.9 Å². The number of pyridine rings is 2. The summed E-state index contributed by atoms with van der Waals surface area (Å²) in [5.41, 5.74) is 0.608. The SMILES string of the molecule is CN(Cc1cc(C(F)(F)F)c2c(=O)cc(NC3=CCCC=C3)n(-c3ccccc3)c2n1)c1ccccc1. The summed E-state index contributed by atoms with van der Waals surface area (Å²) in [5, 5.41) is 2.77. The quantitative estimate of drug-likeness (QED) is 0.319. The molecule has 0 spiro atoms. The van der Waals surface area contributed by atoms with Gasteiger partial charge in [0.05, 0.1) is 23.2 Å². The summed E-state index contributed by atoms with van der Waals surface area (Å²) in [4.78, 5) is 19.7. The number of hydrogen-bond donors (Lipinski definition) is 1. The summed E-state index contributed by atoms with van der Waals surface area (Å²) in [6.45, 7) is 0.123. The number of rotatable bonds is 6. The number of nitrogens with zero attached hydrogens (tertiary/aromatic N) is 3. The highest BCUT2D eigenvalue weighted by Gasteiger charge is 2.35. The van der Waals surface area contributed by atoms with Gasteiger partial charge in [-0.15, -0.1) is 0 Å². The minimum Gasteiger partial charge on any atom is -0.369 e. The highest BCUT2D eigenvalue weighted by Crippen LogP contribution is 2.35. The maximum atomic E-state index is 14.3. The van der Waals surface area contributed by atoms with Gasteiger partial charge in [0.2, 0.25) is 0 Å². The van der Waals surface area contributed by atoms with Crippen molar-refractivity contribution < 1.29 is 13.2 Å². The maximum Gasteiger partial charge on any atom is 0.417 e. The monoisotopic (exact) mass is 502 g/mol. The van der Waals surface area contributed by atoms with Crippen LogP contribution in [0, 0.1) is 0 Å². The number of nitrogens with one attached hydrogen (secondary N) is 1. The van der Waals surface area contributed by atoms with Gasteiger partial charge >= 0.3 is 6.18 Å². The molecule has 0 fully saturated rings. The van der Waals surface area contributed by atoms with E-state index in [0.717, 1.165) is 30.3 Å². The summed E-state index contributed by atoms with van der Waals surface area (Å²) in [6.07, 6.45) is 2.89. The Hall–Kier alpha value is -4.33. The Balaban J connectivity index is 1.76. The molecule has 2 heterocycles. The van der Waals surface area contributed by atoms with E-state index in [1.807, 2.05) is 59.5 Å². The van der Waals surface area contributed by atoms with Crippen LogP contribution in [0.2, 0.25) is 0 Å². The Bertz CT molecular complexity index is 1540. The van der Waals surface area contributed by atoms with Gasteiger partial charge in [0.1, 0.15) is 5.82 Å². The minimum atomic E-state index is -4.74. The van der Waals surface area contributed by atoms with Gasteiger partial charge in [0, 0.05) is 30.2 Å². The van der Waals surface area contributed by atoms with Crippen LogP contribution in [0.5, 0.6) is 0 Å². The van der Waals surface area contributed by atoms with E-state index in [-0.39, 0.29) is 17.9 Å². The number of aromatic nitrogens is 2. The molecule has 1 aliphatic rings. The van der Waals surface area contributed by atoms with Crippen molar-refractivity contribution in [3.05, 3.63) is 118 Å². The Morgan fingerprint density at radius 3 is 2.35 bits per heavy atom. The van der Waals surface area contributed by atoms with Crippen LogP contribution in [0.1, 0.15) is 24.1 Å². The Labute approximate surface area is 212 Å². The first-order chi connectivity index (χ1) is 17.8. The standard InChI is InChI=1S/C29H25F3N4O/c1-35(22-13-7-3-8-14-22)19-21-17-24(29(30,31)32)27-25(37)18-26(33-20-11-5-2-6-12-20)36(28(27)34-21)23-15-9-4-10-16-23/h3-5,7-18,33H,2,6,19H2,1H3. The summed E-state index contributed by atoms with van der Waals surface area (Å²) in [6, 6.07) is 20.5. The highest BCUT2D eigenvalue weighted by atomic mass is 19.4. The van der Waals surface area contributed by atoms with Crippen LogP contribution in [0.4, 0.5) is 24.7 Å². The van der Waals surface area contributed by atoms with Gasteiger partial charge in [-0.1, -0.05) is 48.6 Å². The van der Waals surface area contributed by atoms with Gasteiger partial charge in [0.15, 0.2) is 11.1 Å². The van der Waals surface area contributed by atoms with Crippen LogP contribution in [0.25, 0.3) is 16.7 Å². The first kappa shape index (κ1) is 24.4. The third kappa shape index (κ3) is 5.14. The minimum absolute atomic E-state index is 0.0483. The predicted octanol–water partition coefficient (Wildman–Crippen LogP) is 6.69. The van der Waals surface area contributed by atoms with Crippen molar-refractivity contribution in [2.75, 3.05) is 17.3 Å². The van der Waals surface area contributed by atoms with Crippen molar-refractivity contribution in [1.29, 1.82) is 0 Å². The molecule has 4 aromatic rings. The molecule has 2 aromatic carbocycles. The predicted molar refractivity (Wildman–Crippen MR) is 141 cm³/mol. The van der Waals surface area contributed by atoms with Gasteiger partial charge in [-0.05, 0) is 49.2 Å².